The lowest BCUT2D eigenvalue weighted by Crippen LogP contribution is -2.13. The third-order valence-corrected chi connectivity index (χ3v) is 4.45. The molecular formula is C18H21NO3S. The average molecular weight is 331 g/mol. The number of amides is 1. The van der Waals surface area contributed by atoms with Gasteiger partial charge in [0, 0.05) is 11.3 Å². The number of rotatable bonds is 7. The van der Waals surface area contributed by atoms with E-state index in [9.17, 15) is 9.59 Å². The van der Waals surface area contributed by atoms with Gasteiger partial charge in [-0.25, -0.2) is 4.79 Å². The summed E-state index contributed by atoms with van der Waals surface area (Å²) in [6, 6.07) is 11.6. The lowest BCUT2D eigenvalue weighted by Gasteiger charge is -2.05. The number of hydrogen-bond donors (Lipinski definition) is 1. The molecule has 0 radical (unpaired) electrons. The summed E-state index contributed by atoms with van der Waals surface area (Å²) in [5, 5.41) is 2.85. The highest BCUT2D eigenvalue weighted by Crippen LogP contribution is 2.35. The van der Waals surface area contributed by atoms with Gasteiger partial charge >= 0.3 is 5.97 Å². The monoisotopic (exact) mass is 331 g/mol. The Morgan fingerprint density at radius 1 is 1.17 bits per heavy atom. The van der Waals surface area contributed by atoms with E-state index in [-0.39, 0.29) is 5.91 Å². The molecule has 0 unspecified atom stereocenters. The van der Waals surface area contributed by atoms with Crippen molar-refractivity contribution in [1.29, 1.82) is 0 Å². The number of carbonyl (C=O) groups is 2. The molecule has 122 valence electrons. The summed E-state index contributed by atoms with van der Waals surface area (Å²) in [5.74, 6) is -0.472. The van der Waals surface area contributed by atoms with E-state index in [4.69, 9.17) is 4.74 Å². The molecule has 0 saturated heterocycles. The van der Waals surface area contributed by atoms with Crippen molar-refractivity contribution in [2.24, 2.45) is 0 Å². The van der Waals surface area contributed by atoms with Crippen molar-refractivity contribution in [3.8, 4) is 10.4 Å². The number of unbranched alkanes of at least 4 members (excludes halogenated alkanes) is 1. The summed E-state index contributed by atoms with van der Waals surface area (Å²) in [6.45, 7) is 4.11. The fourth-order valence-electron chi connectivity index (χ4n) is 2.13. The summed E-state index contributed by atoms with van der Waals surface area (Å²) in [6.07, 6.45) is 2.24. The molecule has 4 nitrogen and oxygen atoms in total. The molecule has 1 amide bonds. The van der Waals surface area contributed by atoms with Crippen LogP contribution in [0.5, 0.6) is 0 Å². The minimum atomic E-state index is -0.398. The lowest BCUT2D eigenvalue weighted by atomic mass is 10.2. The van der Waals surface area contributed by atoms with Crippen molar-refractivity contribution in [2.75, 3.05) is 11.9 Å². The Morgan fingerprint density at radius 3 is 2.57 bits per heavy atom. The maximum absolute atomic E-state index is 12.1. The zero-order valence-corrected chi connectivity index (χ0v) is 14.2. The molecule has 0 bridgehead atoms. The van der Waals surface area contributed by atoms with Gasteiger partial charge in [-0.3, -0.25) is 4.79 Å². The number of nitrogens with one attached hydrogen (secondary N) is 1. The normalized spacial score (nSPS) is 10.3. The second-order valence-corrected chi connectivity index (χ2v) is 6.14. The lowest BCUT2D eigenvalue weighted by molar-refractivity contribution is -0.116. The van der Waals surface area contributed by atoms with Crippen LogP contribution in [-0.4, -0.2) is 18.5 Å². The molecule has 2 aromatic rings. The molecule has 5 heteroatoms. The van der Waals surface area contributed by atoms with Crippen LogP contribution in [0.3, 0.4) is 0 Å². The van der Waals surface area contributed by atoms with Crippen molar-refractivity contribution in [1.82, 2.24) is 0 Å². The number of hydrogen-bond acceptors (Lipinski definition) is 4. The molecule has 0 aliphatic carbocycles. The Morgan fingerprint density at radius 2 is 1.91 bits per heavy atom. The molecule has 1 N–H and O–H groups in total. The SMILES string of the molecule is CCCCC(=O)Nc1cc(-c2ccccc2)sc1C(=O)OCC. The van der Waals surface area contributed by atoms with Gasteiger partial charge in [0.25, 0.3) is 0 Å². The van der Waals surface area contributed by atoms with E-state index >= 15 is 0 Å². The minimum Gasteiger partial charge on any atom is -0.462 e. The van der Waals surface area contributed by atoms with E-state index < -0.39 is 5.97 Å². The Bertz CT molecular complexity index is 664. The molecule has 0 fully saturated rings. The van der Waals surface area contributed by atoms with Crippen LogP contribution in [0.2, 0.25) is 0 Å². The third kappa shape index (κ3) is 4.66. The highest BCUT2D eigenvalue weighted by atomic mass is 32.1. The fraction of sp³-hybridized carbons (Fsp3) is 0.333. The number of ether oxygens (including phenoxy) is 1. The number of benzene rings is 1. The van der Waals surface area contributed by atoms with Crippen LogP contribution in [-0.2, 0) is 9.53 Å². The summed E-state index contributed by atoms with van der Waals surface area (Å²) in [7, 11) is 0. The molecule has 2 rings (SSSR count). The zero-order valence-electron chi connectivity index (χ0n) is 13.4. The first-order valence-electron chi connectivity index (χ1n) is 7.82. The molecule has 1 aromatic heterocycles. The summed E-state index contributed by atoms with van der Waals surface area (Å²) in [4.78, 5) is 25.5. The van der Waals surface area contributed by atoms with Gasteiger partial charge in [0.15, 0.2) is 0 Å². The molecule has 0 atom stereocenters. The molecular weight excluding hydrogens is 310 g/mol. The minimum absolute atomic E-state index is 0.0742. The van der Waals surface area contributed by atoms with Crippen molar-refractivity contribution in [3.63, 3.8) is 0 Å². The highest BCUT2D eigenvalue weighted by molar-refractivity contribution is 7.18. The van der Waals surface area contributed by atoms with Crippen LogP contribution >= 0.6 is 11.3 Å². The van der Waals surface area contributed by atoms with Crippen molar-refractivity contribution in [2.45, 2.75) is 33.1 Å². The molecule has 0 aliphatic rings. The fourth-order valence-corrected chi connectivity index (χ4v) is 3.14. The predicted octanol–water partition coefficient (Wildman–Crippen LogP) is 4.72. The van der Waals surface area contributed by atoms with Crippen LogP contribution in [0.4, 0.5) is 5.69 Å². The standard InChI is InChI=1S/C18H21NO3S/c1-3-5-11-16(20)19-14-12-15(13-9-7-6-8-10-13)23-17(14)18(21)22-4-2/h6-10,12H,3-5,11H2,1-2H3,(H,19,20). The Balaban J connectivity index is 2.29. The summed E-state index contributed by atoms with van der Waals surface area (Å²) < 4.78 is 5.10. The Labute approximate surface area is 140 Å². The predicted molar refractivity (Wildman–Crippen MR) is 93.9 cm³/mol. The maximum atomic E-state index is 12.1. The number of esters is 1. The van der Waals surface area contributed by atoms with E-state index in [1.165, 1.54) is 11.3 Å². The van der Waals surface area contributed by atoms with Gasteiger partial charge in [-0.1, -0.05) is 43.7 Å². The van der Waals surface area contributed by atoms with Gasteiger partial charge in [0.1, 0.15) is 4.88 Å². The molecule has 1 heterocycles. The van der Waals surface area contributed by atoms with Gasteiger partial charge < -0.3 is 10.1 Å². The van der Waals surface area contributed by atoms with E-state index in [1.54, 1.807) is 6.92 Å². The highest BCUT2D eigenvalue weighted by Gasteiger charge is 2.19. The van der Waals surface area contributed by atoms with Crippen LogP contribution < -0.4 is 5.32 Å². The Hall–Kier alpha value is -2.14. The molecule has 0 spiro atoms. The van der Waals surface area contributed by atoms with Gasteiger partial charge in [-0.2, -0.15) is 0 Å². The summed E-state index contributed by atoms with van der Waals surface area (Å²) in [5.41, 5.74) is 1.55. The quantitative estimate of drug-likeness (QED) is 0.747. The first-order chi connectivity index (χ1) is 11.2. The van der Waals surface area contributed by atoms with E-state index in [0.717, 1.165) is 23.3 Å². The maximum Gasteiger partial charge on any atom is 0.350 e. The molecule has 0 saturated carbocycles. The van der Waals surface area contributed by atoms with Crippen molar-refractivity contribution in [3.05, 3.63) is 41.3 Å². The molecule has 0 aliphatic heterocycles. The van der Waals surface area contributed by atoms with E-state index in [1.807, 2.05) is 43.3 Å². The second kappa shape index (κ2) is 8.48. The number of thiophene rings is 1. The van der Waals surface area contributed by atoms with Crippen LogP contribution in [0, 0.1) is 0 Å². The van der Waals surface area contributed by atoms with Gasteiger partial charge in [-0.15, -0.1) is 11.3 Å². The zero-order chi connectivity index (χ0) is 16.7. The number of carbonyl (C=O) groups excluding carboxylic acids is 2. The Kier molecular flexibility index (Phi) is 6.35. The first-order valence-corrected chi connectivity index (χ1v) is 8.63. The summed E-state index contributed by atoms with van der Waals surface area (Å²) >= 11 is 1.34. The average Bonchev–Trinajstić information content (AvgIpc) is 2.98. The molecule has 23 heavy (non-hydrogen) atoms. The van der Waals surface area contributed by atoms with Crippen molar-refractivity contribution >= 4 is 28.9 Å². The van der Waals surface area contributed by atoms with Crippen LogP contribution in [0.25, 0.3) is 10.4 Å². The van der Waals surface area contributed by atoms with E-state index in [0.29, 0.717) is 23.6 Å². The molecule has 1 aromatic carbocycles. The largest absolute Gasteiger partial charge is 0.462 e. The third-order valence-electron chi connectivity index (χ3n) is 3.28. The smallest absolute Gasteiger partial charge is 0.350 e. The first kappa shape index (κ1) is 17.2. The van der Waals surface area contributed by atoms with E-state index in [2.05, 4.69) is 5.32 Å². The van der Waals surface area contributed by atoms with Gasteiger partial charge in [-0.05, 0) is 25.0 Å². The second-order valence-electron chi connectivity index (χ2n) is 5.09. The van der Waals surface area contributed by atoms with Gasteiger partial charge in [0.2, 0.25) is 5.91 Å². The van der Waals surface area contributed by atoms with Crippen LogP contribution in [0.15, 0.2) is 36.4 Å². The number of anilines is 1. The van der Waals surface area contributed by atoms with Crippen LogP contribution in [0.1, 0.15) is 42.8 Å². The van der Waals surface area contributed by atoms with Crippen molar-refractivity contribution < 1.29 is 14.3 Å². The topological polar surface area (TPSA) is 55.4 Å². The van der Waals surface area contributed by atoms with Gasteiger partial charge in [0.05, 0.1) is 12.3 Å².